The average Bonchev–Trinajstić information content (AvgIpc) is 2.34. The molecule has 0 unspecified atom stereocenters. The Labute approximate surface area is 100 Å². The number of carbonyl (C=O) groups excluding carboxylic acids is 1. The van der Waals surface area contributed by atoms with Gasteiger partial charge in [-0.05, 0) is 50.1 Å². The number of halogens is 1. The quantitative estimate of drug-likeness (QED) is 0.825. The molecule has 1 fully saturated rings. The minimum Gasteiger partial charge on any atom is -0.326 e. The maximum absolute atomic E-state index is 12.9. The van der Waals surface area contributed by atoms with Crippen LogP contribution in [-0.4, -0.2) is 19.0 Å². The van der Waals surface area contributed by atoms with Crippen LogP contribution in [0.5, 0.6) is 0 Å². The topological polar surface area (TPSA) is 41.1 Å². The molecule has 1 amide bonds. The minimum absolute atomic E-state index is 0.0203. The van der Waals surface area contributed by atoms with Crippen LogP contribution in [0.3, 0.4) is 0 Å². The van der Waals surface area contributed by atoms with Gasteiger partial charge in [0.1, 0.15) is 5.82 Å². The highest BCUT2D eigenvalue weighted by atomic mass is 19.1. The van der Waals surface area contributed by atoms with Crippen molar-refractivity contribution in [1.82, 2.24) is 5.32 Å². The summed E-state index contributed by atoms with van der Waals surface area (Å²) < 4.78 is 12.9. The van der Waals surface area contributed by atoms with Gasteiger partial charge in [-0.2, -0.15) is 0 Å². The standard InChI is InChI=1S/C13H17FN2O/c1-9-7-11(14)4-5-12(9)16-13(17)10-3-2-6-15-8-10/h4-5,7,10,15H,2-3,6,8H2,1H3,(H,16,17)/t10-/m0/s1. The Morgan fingerprint density at radius 1 is 1.53 bits per heavy atom. The normalized spacial score (nSPS) is 20.0. The molecule has 4 heteroatoms. The van der Waals surface area contributed by atoms with Gasteiger partial charge in [-0.15, -0.1) is 0 Å². The van der Waals surface area contributed by atoms with Crippen LogP contribution >= 0.6 is 0 Å². The van der Waals surface area contributed by atoms with Gasteiger partial charge in [0.15, 0.2) is 0 Å². The first kappa shape index (κ1) is 12.0. The van der Waals surface area contributed by atoms with Crippen LogP contribution in [0.1, 0.15) is 18.4 Å². The molecule has 0 bridgehead atoms. The second kappa shape index (κ2) is 5.27. The number of rotatable bonds is 2. The molecular weight excluding hydrogens is 219 g/mol. The maximum atomic E-state index is 12.9. The van der Waals surface area contributed by atoms with Crippen LogP contribution < -0.4 is 10.6 Å². The molecule has 1 aliphatic rings. The van der Waals surface area contributed by atoms with Gasteiger partial charge in [0.2, 0.25) is 5.91 Å². The Kier molecular flexibility index (Phi) is 3.74. The highest BCUT2D eigenvalue weighted by molar-refractivity contribution is 5.93. The SMILES string of the molecule is Cc1cc(F)ccc1NC(=O)[C@H]1CCCNC1. The van der Waals surface area contributed by atoms with Crippen LogP contribution in [0.2, 0.25) is 0 Å². The van der Waals surface area contributed by atoms with Gasteiger partial charge in [-0.3, -0.25) is 4.79 Å². The fourth-order valence-electron chi connectivity index (χ4n) is 2.08. The first-order chi connectivity index (χ1) is 8.16. The molecule has 0 radical (unpaired) electrons. The molecule has 2 rings (SSSR count). The molecule has 0 aromatic heterocycles. The number of hydrogen-bond donors (Lipinski definition) is 2. The maximum Gasteiger partial charge on any atom is 0.228 e. The van der Waals surface area contributed by atoms with Crippen LogP contribution in [0.4, 0.5) is 10.1 Å². The van der Waals surface area contributed by atoms with Crippen molar-refractivity contribution in [3.8, 4) is 0 Å². The molecule has 1 aromatic carbocycles. The zero-order valence-electron chi connectivity index (χ0n) is 9.92. The van der Waals surface area contributed by atoms with E-state index in [-0.39, 0.29) is 17.6 Å². The lowest BCUT2D eigenvalue weighted by Crippen LogP contribution is -2.37. The Bertz CT molecular complexity index is 414. The lowest BCUT2D eigenvalue weighted by molar-refractivity contribution is -0.120. The third-order valence-electron chi connectivity index (χ3n) is 3.11. The number of nitrogens with one attached hydrogen (secondary N) is 2. The summed E-state index contributed by atoms with van der Waals surface area (Å²) in [4.78, 5) is 12.0. The first-order valence-electron chi connectivity index (χ1n) is 5.94. The largest absolute Gasteiger partial charge is 0.326 e. The fourth-order valence-corrected chi connectivity index (χ4v) is 2.08. The van der Waals surface area contributed by atoms with Crippen LogP contribution in [0, 0.1) is 18.7 Å². The Hall–Kier alpha value is -1.42. The van der Waals surface area contributed by atoms with E-state index in [0.717, 1.165) is 31.5 Å². The van der Waals surface area contributed by atoms with E-state index in [0.29, 0.717) is 5.69 Å². The van der Waals surface area contributed by atoms with Crippen molar-refractivity contribution in [3.63, 3.8) is 0 Å². The molecule has 1 saturated heterocycles. The van der Waals surface area contributed by atoms with Crippen molar-refractivity contribution in [2.45, 2.75) is 19.8 Å². The summed E-state index contributed by atoms with van der Waals surface area (Å²) in [5, 5.41) is 6.07. The number of amides is 1. The summed E-state index contributed by atoms with van der Waals surface area (Å²) in [7, 11) is 0. The third-order valence-corrected chi connectivity index (χ3v) is 3.11. The molecule has 3 nitrogen and oxygen atoms in total. The molecule has 0 aliphatic carbocycles. The van der Waals surface area contributed by atoms with E-state index in [9.17, 15) is 9.18 Å². The number of anilines is 1. The molecule has 1 aromatic rings. The predicted molar refractivity (Wildman–Crippen MR) is 65.4 cm³/mol. The van der Waals surface area contributed by atoms with E-state index in [1.54, 1.807) is 13.0 Å². The molecular formula is C13H17FN2O. The van der Waals surface area contributed by atoms with E-state index < -0.39 is 0 Å². The van der Waals surface area contributed by atoms with Crippen molar-refractivity contribution in [3.05, 3.63) is 29.6 Å². The molecule has 1 aliphatic heterocycles. The van der Waals surface area contributed by atoms with Crippen molar-refractivity contribution in [1.29, 1.82) is 0 Å². The van der Waals surface area contributed by atoms with Gasteiger partial charge in [0, 0.05) is 12.2 Å². The summed E-state index contributed by atoms with van der Waals surface area (Å²) >= 11 is 0. The fraction of sp³-hybridized carbons (Fsp3) is 0.462. The zero-order chi connectivity index (χ0) is 12.3. The summed E-state index contributed by atoms with van der Waals surface area (Å²) in [6.07, 6.45) is 1.94. The van der Waals surface area contributed by atoms with Crippen molar-refractivity contribution >= 4 is 11.6 Å². The molecule has 2 N–H and O–H groups in total. The minimum atomic E-state index is -0.278. The van der Waals surface area contributed by atoms with E-state index in [2.05, 4.69) is 10.6 Å². The molecule has 92 valence electrons. The summed E-state index contributed by atoms with van der Waals surface area (Å²) in [5.74, 6) is -0.236. The molecule has 0 saturated carbocycles. The summed E-state index contributed by atoms with van der Waals surface area (Å²) in [5.41, 5.74) is 1.45. The van der Waals surface area contributed by atoms with Gasteiger partial charge in [-0.1, -0.05) is 0 Å². The van der Waals surface area contributed by atoms with Crippen LogP contribution in [0.15, 0.2) is 18.2 Å². The Balaban J connectivity index is 2.02. The van der Waals surface area contributed by atoms with E-state index in [4.69, 9.17) is 0 Å². The van der Waals surface area contributed by atoms with Crippen LogP contribution in [0.25, 0.3) is 0 Å². The van der Waals surface area contributed by atoms with Crippen molar-refractivity contribution < 1.29 is 9.18 Å². The van der Waals surface area contributed by atoms with Crippen LogP contribution in [-0.2, 0) is 4.79 Å². The highest BCUT2D eigenvalue weighted by Crippen LogP contribution is 2.18. The van der Waals surface area contributed by atoms with Gasteiger partial charge >= 0.3 is 0 Å². The van der Waals surface area contributed by atoms with E-state index >= 15 is 0 Å². The summed E-state index contributed by atoms with van der Waals surface area (Å²) in [6.45, 7) is 3.50. The molecule has 17 heavy (non-hydrogen) atoms. The van der Waals surface area contributed by atoms with Gasteiger partial charge in [-0.25, -0.2) is 4.39 Å². The van der Waals surface area contributed by atoms with Gasteiger partial charge in [0.05, 0.1) is 5.92 Å². The predicted octanol–water partition coefficient (Wildman–Crippen LogP) is 2.07. The second-order valence-electron chi connectivity index (χ2n) is 4.49. The summed E-state index contributed by atoms with van der Waals surface area (Å²) in [6, 6.07) is 4.40. The van der Waals surface area contributed by atoms with Gasteiger partial charge in [0.25, 0.3) is 0 Å². The zero-order valence-corrected chi connectivity index (χ0v) is 9.92. The van der Waals surface area contributed by atoms with Gasteiger partial charge < -0.3 is 10.6 Å². The number of aryl methyl sites for hydroxylation is 1. The third kappa shape index (κ3) is 3.03. The van der Waals surface area contributed by atoms with Crippen molar-refractivity contribution in [2.75, 3.05) is 18.4 Å². The molecule has 1 heterocycles. The monoisotopic (exact) mass is 236 g/mol. The highest BCUT2D eigenvalue weighted by Gasteiger charge is 2.21. The number of piperidine rings is 1. The Morgan fingerprint density at radius 2 is 2.35 bits per heavy atom. The average molecular weight is 236 g/mol. The lowest BCUT2D eigenvalue weighted by Gasteiger charge is -2.22. The van der Waals surface area contributed by atoms with E-state index in [1.807, 2.05) is 0 Å². The number of benzene rings is 1. The first-order valence-corrected chi connectivity index (χ1v) is 5.94. The smallest absolute Gasteiger partial charge is 0.228 e. The number of carbonyl (C=O) groups is 1. The second-order valence-corrected chi connectivity index (χ2v) is 4.49. The molecule has 1 atom stereocenters. The molecule has 0 spiro atoms. The van der Waals surface area contributed by atoms with E-state index in [1.165, 1.54) is 12.1 Å². The number of hydrogen-bond acceptors (Lipinski definition) is 2. The van der Waals surface area contributed by atoms with Crippen molar-refractivity contribution in [2.24, 2.45) is 5.92 Å². The lowest BCUT2D eigenvalue weighted by atomic mass is 9.98. The Morgan fingerprint density at radius 3 is 3.00 bits per heavy atom.